The Morgan fingerprint density at radius 2 is 1.06 bits per heavy atom. The minimum atomic E-state index is -0.458. The Bertz CT molecular complexity index is 2020. The summed E-state index contributed by atoms with van der Waals surface area (Å²) >= 11 is 3.35. The summed E-state index contributed by atoms with van der Waals surface area (Å²) in [5.41, 5.74) is 7.78. The van der Waals surface area contributed by atoms with Crippen LogP contribution in [0.15, 0.2) is 138 Å². The molecule has 0 radical (unpaired) electrons. The second-order valence-corrected chi connectivity index (χ2v) is 12.9. The van der Waals surface area contributed by atoms with E-state index in [4.69, 9.17) is 14.2 Å². The highest BCUT2D eigenvalue weighted by Gasteiger charge is 2.20. The Morgan fingerprint density at radius 1 is 0.580 bits per heavy atom. The average molecular weight is 730 g/mol. The van der Waals surface area contributed by atoms with Crippen LogP contribution in [0.4, 0.5) is 0 Å². The first-order valence-corrected chi connectivity index (χ1v) is 16.9. The highest BCUT2D eigenvalue weighted by Crippen LogP contribution is 2.31. The van der Waals surface area contributed by atoms with Gasteiger partial charge in [0.15, 0.2) is 0 Å². The van der Waals surface area contributed by atoms with Crippen molar-refractivity contribution in [1.82, 2.24) is 0 Å². The van der Waals surface area contributed by atoms with E-state index in [9.17, 15) is 14.4 Å². The van der Waals surface area contributed by atoms with Crippen LogP contribution >= 0.6 is 15.9 Å². The van der Waals surface area contributed by atoms with Crippen molar-refractivity contribution in [3.63, 3.8) is 0 Å². The predicted octanol–water partition coefficient (Wildman–Crippen LogP) is 10.4. The molecule has 0 fully saturated rings. The van der Waals surface area contributed by atoms with Crippen LogP contribution in [0, 0.1) is 33.6 Å². The van der Waals surface area contributed by atoms with Gasteiger partial charge in [-0.05, 0) is 116 Å². The van der Waals surface area contributed by atoms with Gasteiger partial charge >= 0.3 is 17.9 Å². The van der Waals surface area contributed by atoms with Gasteiger partial charge in [0, 0.05) is 0 Å². The highest BCUT2D eigenvalue weighted by atomic mass is 79.9. The molecule has 1 aliphatic carbocycles. The van der Waals surface area contributed by atoms with Crippen LogP contribution in [-0.2, 0) is 4.79 Å². The van der Waals surface area contributed by atoms with E-state index in [1.54, 1.807) is 42.5 Å². The van der Waals surface area contributed by atoms with Gasteiger partial charge in [0.25, 0.3) is 0 Å². The van der Waals surface area contributed by atoms with Crippen LogP contribution in [0.2, 0.25) is 0 Å². The van der Waals surface area contributed by atoms with Gasteiger partial charge in [-0.2, -0.15) is 0 Å². The van der Waals surface area contributed by atoms with Gasteiger partial charge in [-0.3, -0.25) is 4.79 Å². The summed E-state index contributed by atoms with van der Waals surface area (Å²) in [5, 5.41) is 0. The average Bonchev–Trinajstić information content (AvgIpc) is 3.11. The second kappa shape index (κ2) is 16.7. The summed E-state index contributed by atoms with van der Waals surface area (Å²) in [5.74, 6) is -0.0400. The standard InChI is InChI=1S/C22H17BrO4.C21H20O2/c1-14-3-7-16(8-4-14)21(24)26-18-11-12-20(19(23)13-18)27-22(25)17-9-5-15(2)6-10-17;1-15-3-7-17(8-4-15)18-9-11-19(12-10-18)21(22)23-20-13-5-16(2)6-14-20/h3-13H,1-2H3;3-11,13-14,19H,12H2,1-2H3. The van der Waals surface area contributed by atoms with Crippen molar-refractivity contribution in [3.8, 4) is 17.2 Å². The molecule has 50 heavy (non-hydrogen) atoms. The maximum atomic E-state index is 12.2. The zero-order valence-corrected chi connectivity index (χ0v) is 29.9. The molecule has 252 valence electrons. The van der Waals surface area contributed by atoms with Crippen LogP contribution in [0.25, 0.3) is 5.57 Å². The quantitative estimate of drug-likeness (QED) is 0.123. The maximum absolute atomic E-state index is 12.2. The van der Waals surface area contributed by atoms with E-state index < -0.39 is 11.9 Å². The summed E-state index contributed by atoms with van der Waals surface area (Å²) in [6.07, 6.45) is 6.72. The number of carbonyl (C=O) groups is 3. The lowest BCUT2D eigenvalue weighted by molar-refractivity contribution is -0.137. The number of esters is 3. The fourth-order valence-corrected chi connectivity index (χ4v) is 5.32. The SMILES string of the molecule is Cc1ccc(C(=O)Oc2ccc(OC(=O)c3ccc(C)cc3)c(Br)c2)cc1.Cc1ccc(OC(=O)C2C=CC(c3ccc(C)cc3)=CC2)cc1. The molecule has 0 bridgehead atoms. The van der Waals surface area contributed by atoms with Crippen LogP contribution in [0.1, 0.15) is 55.0 Å². The Hall–Kier alpha value is -5.53. The summed E-state index contributed by atoms with van der Waals surface area (Å²) in [4.78, 5) is 36.7. The Labute approximate surface area is 301 Å². The van der Waals surface area contributed by atoms with Gasteiger partial charge in [0.1, 0.15) is 17.2 Å². The molecule has 0 aromatic heterocycles. The van der Waals surface area contributed by atoms with E-state index in [1.165, 1.54) is 11.1 Å². The van der Waals surface area contributed by atoms with Crippen molar-refractivity contribution in [1.29, 1.82) is 0 Å². The zero-order valence-electron chi connectivity index (χ0n) is 28.3. The van der Waals surface area contributed by atoms with E-state index in [1.807, 2.05) is 81.5 Å². The summed E-state index contributed by atoms with van der Waals surface area (Å²) < 4.78 is 16.7. The molecule has 6 rings (SSSR count). The monoisotopic (exact) mass is 728 g/mol. The molecular formula is C43H37BrO6. The lowest BCUT2D eigenvalue weighted by Crippen LogP contribution is -2.19. The number of ether oxygens (including phenoxy) is 3. The Morgan fingerprint density at radius 3 is 1.56 bits per heavy atom. The normalized spacial score (nSPS) is 13.3. The molecule has 0 N–H and O–H groups in total. The first-order valence-electron chi connectivity index (χ1n) is 16.1. The third-order valence-corrected chi connectivity index (χ3v) is 8.54. The number of halogens is 1. The lowest BCUT2D eigenvalue weighted by atomic mass is 9.93. The van der Waals surface area contributed by atoms with Crippen molar-refractivity contribution in [2.75, 3.05) is 0 Å². The molecule has 6 nitrogen and oxygen atoms in total. The topological polar surface area (TPSA) is 78.9 Å². The first-order chi connectivity index (χ1) is 24.0. The molecule has 7 heteroatoms. The van der Waals surface area contributed by atoms with Crippen LogP contribution in [-0.4, -0.2) is 17.9 Å². The fraction of sp³-hybridized carbons (Fsp3) is 0.140. The van der Waals surface area contributed by atoms with Crippen molar-refractivity contribution < 1.29 is 28.6 Å². The van der Waals surface area contributed by atoms with Crippen molar-refractivity contribution in [2.24, 2.45) is 5.92 Å². The van der Waals surface area contributed by atoms with Gasteiger partial charge < -0.3 is 14.2 Å². The number of benzene rings is 5. The van der Waals surface area contributed by atoms with Crippen molar-refractivity contribution >= 4 is 39.4 Å². The summed E-state index contributed by atoms with van der Waals surface area (Å²) in [7, 11) is 0. The van der Waals surface area contributed by atoms with Gasteiger partial charge in [0.05, 0.1) is 21.5 Å². The molecule has 0 saturated carbocycles. The highest BCUT2D eigenvalue weighted by molar-refractivity contribution is 9.10. The van der Waals surface area contributed by atoms with Gasteiger partial charge in [-0.15, -0.1) is 0 Å². The Kier molecular flexibility index (Phi) is 12.0. The molecule has 0 heterocycles. The molecule has 0 aliphatic heterocycles. The lowest BCUT2D eigenvalue weighted by Gasteiger charge is -2.15. The maximum Gasteiger partial charge on any atom is 0.343 e. The molecule has 5 aromatic carbocycles. The predicted molar refractivity (Wildman–Crippen MR) is 200 cm³/mol. The van der Waals surface area contributed by atoms with Crippen LogP contribution in [0.3, 0.4) is 0 Å². The number of hydrogen-bond donors (Lipinski definition) is 0. The third kappa shape index (κ3) is 10.00. The number of aryl methyl sites for hydroxylation is 4. The van der Waals surface area contributed by atoms with Crippen molar-refractivity contribution in [3.05, 3.63) is 177 Å². The minimum Gasteiger partial charge on any atom is -0.426 e. The van der Waals surface area contributed by atoms with Crippen LogP contribution < -0.4 is 14.2 Å². The molecule has 0 saturated heterocycles. The number of hydrogen-bond acceptors (Lipinski definition) is 6. The number of carbonyl (C=O) groups excluding carboxylic acids is 3. The summed E-state index contributed by atoms with van der Waals surface area (Å²) in [6.45, 7) is 7.98. The zero-order chi connectivity index (χ0) is 35.6. The minimum absolute atomic E-state index is 0.204. The fourth-order valence-electron chi connectivity index (χ4n) is 4.89. The Balaban J connectivity index is 0.000000197. The molecule has 0 amide bonds. The molecule has 1 aliphatic rings. The molecule has 5 aromatic rings. The van der Waals surface area contributed by atoms with Gasteiger partial charge in [-0.25, -0.2) is 9.59 Å². The third-order valence-electron chi connectivity index (χ3n) is 7.92. The second-order valence-electron chi connectivity index (χ2n) is 12.1. The van der Waals surface area contributed by atoms with Gasteiger partial charge in [-0.1, -0.05) is 101 Å². The summed E-state index contributed by atoms with van der Waals surface area (Å²) in [6, 6.07) is 34.9. The van der Waals surface area contributed by atoms with Gasteiger partial charge in [0.2, 0.25) is 0 Å². The number of allylic oxidation sites excluding steroid dienone is 3. The van der Waals surface area contributed by atoms with E-state index in [0.717, 1.165) is 22.3 Å². The van der Waals surface area contributed by atoms with Crippen LogP contribution in [0.5, 0.6) is 17.2 Å². The molecule has 1 unspecified atom stereocenters. The van der Waals surface area contributed by atoms with E-state index in [2.05, 4.69) is 53.2 Å². The largest absolute Gasteiger partial charge is 0.426 e. The van der Waals surface area contributed by atoms with E-state index >= 15 is 0 Å². The molecule has 1 atom stereocenters. The van der Waals surface area contributed by atoms with E-state index in [-0.39, 0.29) is 11.9 Å². The van der Waals surface area contributed by atoms with Crippen molar-refractivity contribution in [2.45, 2.75) is 34.1 Å². The van der Waals surface area contributed by atoms with E-state index in [0.29, 0.717) is 39.3 Å². The molecule has 0 spiro atoms. The smallest absolute Gasteiger partial charge is 0.343 e. The first kappa shape index (κ1) is 35.8. The number of rotatable bonds is 7. The molecular weight excluding hydrogens is 692 g/mol.